The molecule has 0 spiro atoms. The molecule has 0 radical (unpaired) electrons. The smallest absolute Gasteiger partial charge is 0.227 e. The second-order valence-corrected chi connectivity index (χ2v) is 16.7. The molecule has 4 heterocycles. The molecule has 1 aliphatic carbocycles. The van der Waals surface area contributed by atoms with Crippen LogP contribution in [0.3, 0.4) is 0 Å². The van der Waals surface area contributed by atoms with Crippen molar-refractivity contribution in [1.29, 1.82) is 0 Å². The van der Waals surface area contributed by atoms with Gasteiger partial charge in [-0.05, 0) is 97.1 Å². The van der Waals surface area contributed by atoms with Crippen LogP contribution in [-0.2, 0) is 36.6 Å². The van der Waals surface area contributed by atoms with Crippen LogP contribution in [0, 0.1) is 20.8 Å². The van der Waals surface area contributed by atoms with Crippen molar-refractivity contribution in [3.05, 3.63) is 134 Å². The van der Waals surface area contributed by atoms with Gasteiger partial charge in [0, 0.05) is 52.3 Å². The summed E-state index contributed by atoms with van der Waals surface area (Å²) < 4.78 is 24.9. The lowest BCUT2D eigenvalue weighted by Gasteiger charge is -2.13. The molecular weight excluding hydrogens is 858 g/mol. The van der Waals surface area contributed by atoms with Crippen molar-refractivity contribution in [2.24, 2.45) is 4.99 Å². The number of ether oxygens (including phenoxy) is 4. The van der Waals surface area contributed by atoms with Crippen LogP contribution < -0.4 is 15.4 Å². The average Bonchev–Trinajstić information content (AvgIpc) is 3.91. The Morgan fingerprint density at radius 3 is 2.25 bits per heavy atom. The summed E-state index contributed by atoms with van der Waals surface area (Å²) in [4.78, 5) is 36.1. The quantitative estimate of drug-likeness (QED) is 0.0762. The van der Waals surface area contributed by atoms with Crippen LogP contribution in [0.4, 0.5) is 11.5 Å². The Bertz CT molecular complexity index is 2580. The molecule has 2 N–H and O–H groups in total. The van der Waals surface area contributed by atoms with Crippen molar-refractivity contribution in [1.82, 2.24) is 19.7 Å². The maximum Gasteiger partial charge on any atom is 0.227 e. The molecule has 1 atom stereocenters. The third-order valence-electron chi connectivity index (χ3n) is 10.7. The van der Waals surface area contributed by atoms with Crippen molar-refractivity contribution in [2.45, 2.75) is 46.1 Å². The van der Waals surface area contributed by atoms with Gasteiger partial charge in [0.2, 0.25) is 5.91 Å². The number of aliphatic imine (C=N–C) groups is 1. The molecule has 1 amide bonds. The fourth-order valence-corrected chi connectivity index (χ4v) is 8.84. The number of carbonyl (C=O) groups is 2. The lowest BCUT2D eigenvalue weighted by atomic mass is 9.99. The van der Waals surface area contributed by atoms with E-state index >= 15 is 0 Å². The molecule has 0 saturated carbocycles. The number of fused-ring (bicyclic) bond motifs is 4. The Hall–Kier alpha value is -5.42. The molecule has 0 unspecified atom stereocenters. The number of hydrogen-bond acceptors (Lipinski definition) is 12. The van der Waals surface area contributed by atoms with Gasteiger partial charge < -0.3 is 29.6 Å². The molecule has 2 aliphatic rings. The maximum absolute atomic E-state index is 13.5. The summed E-state index contributed by atoms with van der Waals surface area (Å²) in [6.45, 7) is 9.84. The molecule has 0 saturated heterocycles. The van der Waals surface area contributed by atoms with E-state index in [2.05, 4.69) is 57.9 Å². The molecule has 13 nitrogen and oxygen atoms in total. The van der Waals surface area contributed by atoms with E-state index in [1.54, 1.807) is 17.5 Å². The first-order valence-corrected chi connectivity index (χ1v) is 21.9. The standard InChI is InChI=1S/C47H48ClN7O6S.H2S/c1-29-30(2)62-47-44(29)45(32-6-8-37(48)9-7-32)52-41(46-54-53-31(3)55(46)47)28-43(57)51-38-10-12-40(13-11-38)61-23-22-60-21-20-59-19-18-58-17-16-50-42-27-35(14-15-49-42)33-4-5-34-25-39(56)26-36(34)24-33;/h4-15,24,27,41H,16-23,25-26,28H2,1-3H3,(H,49,50)(H,51,57);1H2/t41-;/m0./s1. The number of pyridine rings is 1. The van der Waals surface area contributed by atoms with Crippen LogP contribution in [0.25, 0.3) is 16.1 Å². The largest absolute Gasteiger partial charge is 0.491 e. The van der Waals surface area contributed by atoms with Crippen molar-refractivity contribution in [2.75, 3.05) is 63.4 Å². The third-order valence-corrected chi connectivity index (χ3v) is 12.2. The van der Waals surface area contributed by atoms with Gasteiger partial charge >= 0.3 is 0 Å². The lowest BCUT2D eigenvalue weighted by Crippen LogP contribution is -2.17. The van der Waals surface area contributed by atoms with E-state index < -0.39 is 6.04 Å². The molecule has 0 fully saturated rings. The third kappa shape index (κ3) is 11.2. The van der Waals surface area contributed by atoms with E-state index in [4.69, 9.17) is 35.5 Å². The number of Topliss-reactive ketones (excluding diaryl/α,β-unsaturated/α-hetero) is 1. The highest BCUT2D eigenvalue weighted by Gasteiger charge is 2.32. The zero-order valence-corrected chi connectivity index (χ0v) is 38.0. The Labute approximate surface area is 382 Å². The van der Waals surface area contributed by atoms with Crippen LogP contribution in [0.15, 0.2) is 90.1 Å². The van der Waals surface area contributed by atoms with Gasteiger partial charge in [-0.2, -0.15) is 13.5 Å². The van der Waals surface area contributed by atoms with Gasteiger partial charge in [-0.15, -0.1) is 21.5 Å². The summed E-state index contributed by atoms with van der Waals surface area (Å²) in [7, 11) is 0. The molecule has 1 aliphatic heterocycles. The first-order chi connectivity index (χ1) is 30.2. The van der Waals surface area contributed by atoms with Crippen LogP contribution in [0.5, 0.6) is 5.75 Å². The number of rotatable bonds is 19. The fourth-order valence-electron chi connectivity index (χ4n) is 7.50. The van der Waals surface area contributed by atoms with E-state index in [0.29, 0.717) is 87.9 Å². The predicted octanol–water partition coefficient (Wildman–Crippen LogP) is 8.21. The zero-order chi connectivity index (χ0) is 43.0. The van der Waals surface area contributed by atoms with Crippen molar-refractivity contribution >= 4 is 65.3 Å². The average molecular weight is 909 g/mol. The molecule has 63 heavy (non-hydrogen) atoms. The van der Waals surface area contributed by atoms with Gasteiger partial charge in [0.25, 0.3) is 0 Å². The van der Waals surface area contributed by atoms with Crippen molar-refractivity contribution < 1.29 is 28.5 Å². The fraction of sp³-hybridized carbons (Fsp3) is 0.319. The molecule has 0 bridgehead atoms. The van der Waals surface area contributed by atoms with Crippen LogP contribution in [0.1, 0.15) is 56.8 Å². The summed E-state index contributed by atoms with van der Waals surface area (Å²) in [5.74, 6) is 2.87. The second kappa shape index (κ2) is 21.3. The van der Waals surface area contributed by atoms with Gasteiger partial charge in [0.05, 0.1) is 51.8 Å². The minimum Gasteiger partial charge on any atom is -0.491 e. The number of aromatic nitrogens is 4. The van der Waals surface area contributed by atoms with Gasteiger partial charge in [0.1, 0.15) is 40.8 Å². The molecule has 3 aromatic heterocycles. The molecule has 328 valence electrons. The van der Waals surface area contributed by atoms with E-state index in [9.17, 15) is 9.59 Å². The Balaban J connectivity index is 0.00000595. The lowest BCUT2D eigenvalue weighted by molar-refractivity contribution is -0.117. The Morgan fingerprint density at radius 1 is 0.810 bits per heavy atom. The first-order valence-electron chi connectivity index (χ1n) is 20.7. The highest BCUT2D eigenvalue weighted by atomic mass is 35.5. The number of nitrogens with zero attached hydrogens (tertiary/aromatic N) is 5. The SMILES string of the molecule is Cc1sc2c(c1C)C(c1ccc(Cl)cc1)=N[C@@H](CC(=O)Nc1ccc(OCCOCCOCCOCCNc3cc(-c4ccc5c(c4)CC(=O)C5)ccn3)cc1)c1nnc(C)n1-2.S. The van der Waals surface area contributed by atoms with E-state index in [0.717, 1.165) is 61.3 Å². The Kier molecular flexibility index (Phi) is 15.4. The minimum absolute atomic E-state index is 0. The van der Waals surface area contributed by atoms with Gasteiger partial charge in [0.15, 0.2) is 5.82 Å². The summed E-state index contributed by atoms with van der Waals surface area (Å²) in [6, 6.07) is 24.5. The van der Waals surface area contributed by atoms with Gasteiger partial charge in [-0.1, -0.05) is 41.9 Å². The minimum atomic E-state index is -0.568. The monoisotopic (exact) mass is 907 g/mol. The highest BCUT2D eigenvalue weighted by Crippen LogP contribution is 2.40. The molecule has 3 aromatic carbocycles. The highest BCUT2D eigenvalue weighted by molar-refractivity contribution is 7.59. The summed E-state index contributed by atoms with van der Waals surface area (Å²) in [5, 5.41) is 16.8. The molecule has 6 aromatic rings. The van der Waals surface area contributed by atoms with Gasteiger partial charge in [-0.3, -0.25) is 19.1 Å². The summed E-state index contributed by atoms with van der Waals surface area (Å²) >= 11 is 7.91. The van der Waals surface area contributed by atoms with Crippen LogP contribution in [0.2, 0.25) is 5.02 Å². The van der Waals surface area contributed by atoms with Crippen LogP contribution in [-0.4, -0.2) is 89.9 Å². The van der Waals surface area contributed by atoms with E-state index in [1.165, 1.54) is 4.88 Å². The number of nitrogens with one attached hydrogen (secondary N) is 2. The maximum atomic E-state index is 13.5. The second-order valence-electron chi connectivity index (χ2n) is 15.1. The normalized spacial score (nSPS) is 13.9. The van der Waals surface area contributed by atoms with Gasteiger partial charge in [-0.25, -0.2) is 4.98 Å². The number of carbonyl (C=O) groups excluding carboxylic acids is 2. The number of anilines is 2. The number of thiophene rings is 1. The number of ketones is 1. The first kappa shape index (κ1) is 45.6. The number of hydrogen-bond donors (Lipinski definition) is 2. The number of amides is 1. The zero-order valence-electron chi connectivity index (χ0n) is 35.4. The van der Waals surface area contributed by atoms with Crippen molar-refractivity contribution in [3.8, 4) is 21.9 Å². The topological polar surface area (TPSA) is 151 Å². The van der Waals surface area contributed by atoms with E-state index in [-0.39, 0.29) is 31.6 Å². The molecule has 16 heteroatoms. The predicted molar refractivity (Wildman–Crippen MR) is 252 cm³/mol. The number of benzene rings is 3. The summed E-state index contributed by atoms with van der Waals surface area (Å²) in [6.07, 6.45) is 2.91. The summed E-state index contributed by atoms with van der Waals surface area (Å²) in [5.41, 5.74) is 8.90. The van der Waals surface area contributed by atoms with Crippen molar-refractivity contribution in [3.63, 3.8) is 0 Å². The van der Waals surface area contributed by atoms with E-state index in [1.807, 2.05) is 72.2 Å². The molecule has 8 rings (SSSR count). The van der Waals surface area contributed by atoms with Crippen LogP contribution >= 0.6 is 36.4 Å². The Morgan fingerprint density at radius 2 is 1.49 bits per heavy atom. The number of halogens is 1. The number of aryl methyl sites for hydroxylation is 2. The molecular formula is C47H50ClN7O6S2.